The Hall–Kier alpha value is -2.40. The first kappa shape index (κ1) is 17.0. The molecular formula is C21H22N2O2S. The van der Waals surface area contributed by atoms with Crippen LogP contribution in [-0.4, -0.2) is 30.1 Å². The monoisotopic (exact) mass is 366 g/mol. The quantitative estimate of drug-likeness (QED) is 0.628. The second-order valence-corrected chi connectivity index (χ2v) is 8.06. The molecule has 1 saturated heterocycles. The smallest absolute Gasteiger partial charge is 0.310 e. The maximum atomic E-state index is 12.2. The highest BCUT2D eigenvalue weighted by Crippen LogP contribution is 2.31. The normalized spacial score (nSPS) is 14.7. The number of hydrogen-bond acceptors (Lipinski definition) is 5. The average molecular weight is 366 g/mol. The summed E-state index contributed by atoms with van der Waals surface area (Å²) in [6.45, 7) is 5.77. The fraction of sp³-hybridized carbons (Fsp3) is 0.333. The minimum absolute atomic E-state index is 0.0375. The molecule has 0 spiro atoms. The van der Waals surface area contributed by atoms with Crippen LogP contribution in [-0.2, 0) is 16.0 Å². The van der Waals surface area contributed by atoms with Crippen LogP contribution in [0.4, 0.5) is 5.13 Å². The second-order valence-electron chi connectivity index (χ2n) is 7.05. The maximum absolute atomic E-state index is 12.2. The molecule has 0 amide bonds. The van der Waals surface area contributed by atoms with Crippen LogP contribution in [0, 0.1) is 0 Å². The average Bonchev–Trinajstić information content (AvgIpc) is 3.01. The van der Waals surface area contributed by atoms with Gasteiger partial charge in [-0.15, -0.1) is 0 Å². The molecule has 2 aromatic carbocycles. The number of rotatable bonds is 5. The van der Waals surface area contributed by atoms with E-state index in [0.717, 1.165) is 29.3 Å². The number of carbonyl (C=O) groups excluding carboxylic acids is 1. The summed E-state index contributed by atoms with van der Waals surface area (Å²) in [7, 11) is 0. The Balaban J connectivity index is 1.28. The highest BCUT2D eigenvalue weighted by Gasteiger charge is 2.32. The van der Waals surface area contributed by atoms with Gasteiger partial charge in [0, 0.05) is 0 Å². The number of benzene rings is 2. The fourth-order valence-corrected chi connectivity index (χ4v) is 4.06. The lowest BCUT2D eigenvalue weighted by molar-refractivity contribution is -0.149. The summed E-state index contributed by atoms with van der Waals surface area (Å²) in [6, 6.07) is 16.3. The molecule has 1 aliphatic heterocycles. The van der Waals surface area contributed by atoms with E-state index < -0.39 is 0 Å². The molecule has 0 aliphatic carbocycles. The molecule has 0 atom stereocenters. The van der Waals surface area contributed by atoms with Gasteiger partial charge in [-0.05, 0) is 29.2 Å². The predicted octanol–water partition coefficient (Wildman–Crippen LogP) is 4.39. The van der Waals surface area contributed by atoms with Gasteiger partial charge in [0.05, 0.1) is 29.7 Å². The van der Waals surface area contributed by atoms with Crippen LogP contribution < -0.4 is 4.90 Å². The van der Waals surface area contributed by atoms with Crippen molar-refractivity contribution < 1.29 is 9.53 Å². The number of carbonyl (C=O) groups is 1. The molecule has 1 fully saturated rings. The summed E-state index contributed by atoms with van der Waals surface area (Å²) < 4.78 is 6.78. The number of nitrogens with zero attached hydrogens (tertiary/aromatic N) is 2. The van der Waals surface area contributed by atoms with Crippen molar-refractivity contribution in [3.8, 4) is 0 Å². The van der Waals surface area contributed by atoms with Gasteiger partial charge >= 0.3 is 5.97 Å². The van der Waals surface area contributed by atoms with Gasteiger partial charge in [-0.1, -0.05) is 61.6 Å². The van der Waals surface area contributed by atoms with E-state index >= 15 is 0 Å². The molecule has 0 saturated carbocycles. The van der Waals surface area contributed by atoms with E-state index in [0.29, 0.717) is 12.3 Å². The Bertz CT molecular complexity index is 878. The van der Waals surface area contributed by atoms with Gasteiger partial charge in [0.15, 0.2) is 5.13 Å². The van der Waals surface area contributed by atoms with Crippen molar-refractivity contribution in [3.63, 3.8) is 0 Å². The van der Waals surface area contributed by atoms with Crippen LogP contribution in [0.2, 0.25) is 0 Å². The zero-order valence-corrected chi connectivity index (χ0v) is 15.8. The molecule has 3 aromatic rings. The zero-order valence-electron chi connectivity index (χ0n) is 15.0. The number of esters is 1. The first-order valence-electron chi connectivity index (χ1n) is 8.97. The van der Waals surface area contributed by atoms with Crippen molar-refractivity contribution in [2.75, 3.05) is 18.0 Å². The molecule has 26 heavy (non-hydrogen) atoms. The third kappa shape index (κ3) is 3.58. The Morgan fingerprint density at radius 2 is 1.92 bits per heavy atom. The molecule has 1 aliphatic rings. The van der Waals surface area contributed by atoms with E-state index in [9.17, 15) is 4.79 Å². The molecule has 0 radical (unpaired) electrons. The van der Waals surface area contributed by atoms with E-state index in [1.807, 2.05) is 30.3 Å². The topological polar surface area (TPSA) is 42.4 Å². The van der Waals surface area contributed by atoms with E-state index in [2.05, 4.69) is 41.9 Å². The van der Waals surface area contributed by atoms with Crippen LogP contribution in [0.1, 0.15) is 30.9 Å². The van der Waals surface area contributed by atoms with Crippen molar-refractivity contribution in [1.82, 2.24) is 4.98 Å². The molecule has 0 unspecified atom stereocenters. The van der Waals surface area contributed by atoms with Gasteiger partial charge in [-0.2, -0.15) is 0 Å². The largest absolute Gasteiger partial charge is 0.458 e. The Morgan fingerprint density at radius 3 is 2.62 bits per heavy atom. The first-order chi connectivity index (χ1) is 12.6. The van der Waals surface area contributed by atoms with E-state index in [-0.39, 0.29) is 12.1 Å². The predicted molar refractivity (Wildman–Crippen MR) is 106 cm³/mol. The molecule has 4 rings (SSSR count). The molecule has 0 N–H and O–H groups in total. The zero-order chi connectivity index (χ0) is 18.1. The number of hydrogen-bond donors (Lipinski definition) is 0. The van der Waals surface area contributed by atoms with Crippen molar-refractivity contribution >= 4 is 32.7 Å². The van der Waals surface area contributed by atoms with Gasteiger partial charge in [-0.3, -0.25) is 4.79 Å². The minimum atomic E-state index is -0.156. The molecule has 4 nitrogen and oxygen atoms in total. The highest BCUT2D eigenvalue weighted by molar-refractivity contribution is 7.22. The van der Waals surface area contributed by atoms with Gasteiger partial charge in [-0.25, -0.2) is 4.98 Å². The van der Waals surface area contributed by atoms with Gasteiger partial charge < -0.3 is 9.64 Å². The maximum Gasteiger partial charge on any atom is 0.310 e. The molecule has 1 aromatic heterocycles. The molecule has 134 valence electrons. The Kier molecular flexibility index (Phi) is 4.64. The Labute approximate surface area is 157 Å². The highest BCUT2D eigenvalue weighted by atomic mass is 32.1. The van der Waals surface area contributed by atoms with Crippen molar-refractivity contribution in [2.45, 2.75) is 32.3 Å². The number of anilines is 1. The summed E-state index contributed by atoms with van der Waals surface area (Å²) in [4.78, 5) is 19.0. The lowest BCUT2D eigenvalue weighted by Crippen LogP contribution is -2.53. The number of para-hydroxylation sites is 1. The van der Waals surface area contributed by atoms with E-state index in [1.54, 1.807) is 11.3 Å². The summed E-state index contributed by atoms with van der Waals surface area (Å²) in [5.74, 6) is 0.343. The summed E-state index contributed by atoms with van der Waals surface area (Å²) in [5.41, 5.74) is 3.31. The SMILES string of the molecule is CC(C)c1ccc(CC(=O)OC2CN(c3nc4ccccc4s3)C2)cc1. The Morgan fingerprint density at radius 1 is 1.19 bits per heavy atom. The van der Waals surface area contributed by atoms with Crippen LogP contribution in [0.15, 0.2) is 48.5 Å². The fourth-order valence-electron chi connectivity index (χ4n) is 3.08. The molecule has 2 heterocycles. The minimum Gasteiger partial charge on any atom is -0.458 e. The summed E-state index contributed by atoms with van der Waals surface area (Å²) in [5, 5.41) is 1.00. The van der Waals surface area contributed by atoms with Gasteiger partial charge in [0.2, 0.25) is 0 Å². The van der Waals surface area contributed by atoms with Crippen LogP contribution in [0.25, 0.3) is 10.2 Å². The van der Waals surface area contributed by atoms with Crippen molar-refractivity contribution in [1.29, 1.82) is 0 Å². The third-order valence-corrected chi connectivity index (χ3v) is 5.79. The number of thiazole rings is 1. The van der Waals surface area contributed by atoms with Crippen molar-refractivity contribution in [3.05, 3.63) is 59.7 Å². The van der Waals surface area contributed by atoms with E-state index in [1.165, 1.54) is 10.3 Å². The number of aromatic nitrogens is 1. The number of ether oxygens (including phenoxy) is 1. The van der Waals surface area contributed by atoms with Crippen LogP contribution in [0.3, 0.4) is 0 Å². The third-order valence-electron chi connectivity index (χ3n) is 4.69. The van der Waals surface area contributed by atoms with Crippen LogP contribution >= 0.6 is 11.3 Å². The lowest BCUT2D eigenvalue weighted by Gasteiger charge is -2.38. The molecule has 0 bridgehead atoms. The summed E-state index contributed by atoms with van der Waals surface area (Å²) >= 11 is 1.68. The number of fused-ring (bicyclic) bond motifs is 1. The van der Waals surface area contributed by atoms with Gasteiger partial charge in [0.25, 0.3) is 0 Å². The second kappa shape index (κ2) is 7.08. The van der Waals surface area contributed by atoms with E-state index in [4.69, 9.17) is 4.74 Å². The van der Waals surface area contributed by atoms with Crippen molar-refractivity contribution in [2.24, 2.45) is 0 Å². The standard InChI is InChI=1S/C21H22N2O2S/c1-14(2)16-9-7-15(8-10-16)11-20(24)25-17-12-23(13-17)21-22-18-5-3-4-6-19(18)26-21/h3-10,14,17H,11-13H2,1-2H3. The summed E-state index contributed by atoms with van der Waals surface area (Å²) in [6.07, 6.45) is 0.292. The molecule has 5 heteroatoms. The van der Waals surface area contributed by atoms with Gasteiger partial charge in [0.1, 0.15) is 6.10 Å². The lowest BCUT2D eigenvalue weighted by atomic mass is 10.0. The first-order valence-corrected chi connectivity index (χ1v) is 9.79. The van der Waals surface area contributed by atoms with Crippen LogP contribution in [0.5, 0.6) is 0 Å². The molecular weight excluding hydrogens is 344 g/mol.